The normalized spacial score (nSPS) is 16.3. The number of phenolic OH excluding ortho intramolecular Hbond substituents is 1. The average Bonchev–Trinajstić information content (AvgIpc) is 2.60. The van der Waals surface area contributed by atoms with Crippen molar-refractivity contribution in [2.75, 3.05) is 44.7 Å². The van der Waals surface area contributed by atoms with Crippen LogP contribution in [0.1, 0.15) is 12.8 Å². The van der Waals surface area contributed by atoms with Crippen LogP contribution in [0.15, 0.2) is 24.3 Å². The van der Waals surface area contributed by atoms with Gasteiger partial charge in [0.2, 0.25) is 5.91 Å². The van der Waals surface area contributed by atoms with Gasteiger partial charge in [-0.1, -0.05) is 0 Å². The van der Waals surface area contributed by atoms with E-state index in [1.54, 1.807) is 17.4 Å². The molecule has 0 unspecified atom stereocenters. The summed E-state index contributed by atoms with van der Waals surface area (Å²) in [5, 5.41) is 24.7. The summed E-state index contributed by atoms with van der Waals surface area (Å²) in [6, 6.07) is 5.10. The molecule has 8 heteroatoms. The Hall–Kier alpha value is -2.16. The van der Waals surface area contributed by atoms with Crippen LogP contribution < -0.4 is 20.6 Å². The van der Waals surface area contributed by atoms with E-state index in [1.807, 2.05) is 0 Å². The van der Waals surface area contributed by atoms with Gasteiger partial charge >= 0.3 is 0 Å². The van der Waals surface area contributed by atoms with Crippen molar-refractivity contribution in [2.45, 2.75) is 18.9 Å². The highest BCUT2D eigenvalue weighted by atomic mass is 16.5. The van der Waals surface area contributed by atoms with Crippen molar-refractivity contribution in [3.63, 3.8) is 0 Å². The number of aliphatic carboxylic acids is 1. The number of nitrogens with one attached hydrogen (secondary N) is 2. The molecule has 1 saturated heterocycles. The fourth-order valence-electron chi connectivity index (χ4n) is 2.80. The molecule has 0 aromatic heterocycles. The molecule has 0 aliphatic carbocycles. The number of morpholine rings is 1. The topological polar surface area (TPSA) is 120 Å². The first-order valence-corrected chi connectivity index (χ1v) is 8.59. The highest BCUT2D eigenvalue weighted by Gasteiger charge is 2.19. The molecular weight excluding hydrogens is 326 g/mol. The standard InChI is InChI=1S/C17H25N3O5/c21-14-4-2-13(3-5-14)19-16(22)12-15(17(23)24)18-6-1-7-20-8-10-25-11-9-20/h2-5,15,18,21H,1,6-12H2,(H,19,22)(H,23,24)/p+1/t15-/m1/s1. The number of benzene rings is 1. The van der Waals surface area contributed by atoms with Gasteiger partial charge in [0.05, 0.1) is 38.7 Å². The summed E-state index contributed by atoms with van der Waals surface area (Å²) in [4.78, 5) is 24.7. The Bertz CT molecular complexity index is 558. The second kappa shape index (κ2) is 9.97. The molecule has 1 heterocycles. The molecule has 0 radical (unpaired) electrons. The van der Waals surface area contributed by atoms with E-state index in [2.05, 4.69) is 5.32 Å². The van der Waals surface area contributed by atoms with Crippen LogP contribution in [0.2, 0.25) is 0 Å². The number of anilines is 1. The molecule has 0 spiro atoms. The molecule has 1 aromatic rings. The van der Waals surface area contributed by atoms with Gasteiger partial charge in [-0.15, -0.1) is 0 Å². The highest BCUT2D eigenvalue weighted by molar-refractivity contribution is 5.93. The van der Waals surface area contributed by atoms with Crippen LogP contribution in [0.4, 0.5) is 5.69 Å². The third kappa shape index (κ3) is 7.08. The molecule has 1 atom stereocenters. The van der Waals surface area contributed by atoms with Gasteiger partial charge in [-0.05, 0) is 24.3 Å². The van der Waals surface area contributed by atoms with Crippen molar-refractivity contribution in [3.05, 3.63) is 24.3 Å². The number of ether oxygens (including phenoxy) is 1. The van der Waals surface area contributed by atoms with Gasteiger partial charge in [-0.25, -0.2) is 0 Å². The number of quaternary nitrogens is 2. The first-order chi connectivity index (χ1) is 12.0. The summed E-state index contributed by atoms with van der Waals surface area (Å²) < 4.78 is 5.30. The van der Waals surface area contributed by atoms with E-state index in [-0.39, 0.29) is 12.2 Å². The zero-order valence-corrected chi connectivity index (χ0v) is 14.2. The number of carbonyl (C=O) groups excluding carboxylic acids is 2. The summed E-state index contributed by atoms with van der Waals surface area (Å²) in [5.74, 6) is -1.53. The lowest BCUT2D eigenvalue weighted by Gasteiger charge is -2.23. The monoisotopic (exact) mass is 352 g/mol. The Kier molecular flexibility index (Phi) is 7.65. The van der Waals surface area contributed by atoms with Gasteiger partial charge in [0.1, 0.15) is 24.9 Å². The number of nitrogens with two attached hydrogens (primary N) is 1. The highest BCUT2D eigenvalue weighted by Crippen LogP contribution is 2.13. The van der Waals surface area contributed by atoms with E-state index < -0.39 is 17.9 Å². The molecular formula is C17H26N3O5+. The van der Waals surface area contributed by atoms with Gasteiger partial charge in [-0.2, -0.15) is 0 Å². The van der Waals surface area contributed by atoms with Crippen LogP contribution in [0.25, 0.3) is 0 Å². The SMILES string of the molecule is O=C(C[C@@H]([NH2+]CCC[NH+]1CCOCC1)C(=O)[O-])Nc1ccc(O)cc1. The van der Waals surface area contributed by atoms with Crippen molar-refractivity contribution >= 4 is 17.6 Å². The van der Waals surface area contributed by atoms with Crippen LogP contribution >= 0.6 is 0 Å². The van der Waals surface area contributed by atoms with E-state index in [9.17, 15) is 19.8 Å². The van der Waals surface area contributed by atoms with Crippen molar-refractivity contribution in [1.82, 2.24) is 0 Å². The van der Waals surface area contributed by atoms with Crippen LogP contribution in [-0.4, -0.2) is 62.4 Å². The minimum atomic E-state index is -1.24. The number of rotatable bonds is 9. The van der Waals surface area contributed by atoms with E-state index in [1.165, 1.54) is 17.0 Å². The summed E-state index contributed by atoms with van der Waals surface area (Å²) in [6.07, 6.45) is 0.715. The fourth-order valence-corrected chi connectivity index (χ4v) is 2.80. The summed E-state index contributed by atoms with van der Waals surface area (Å²) >= 11 is 0. The van der Waals surface area contributed by atoms with Gasteiger partial charge < -0.3 is 35.3 Å². The maximum absolute atomic E-state index is 12.0. The fraction of sp³-hybridized carbons (Fsp3) is 0.529. The van der Waals surface area contributed by atoms with Gasteiger partial charge in [0.25, 0.3) is 0 Å². The third-order valence-electron chi connectivity index (χ3n) is 4.24. The van der Waals surface area contributed by atoms with E-state index in [0.717, 1.165) is 39.3 Å². The molecule has 8 nitrogen and oxygen atoms in total. The maximum atomic E-state index is 12.0. The number of carboxylic acids is 1. The Balaban J connectivity index is 1.70. The molecule has 5 N–H and O–H groups in total. The molecule has 2 rings (SSSR count). The Morgan fingerprint density at radius 2 is 1.96 bits per heavy atom. The number of amides is 1. The summed E-state index contributed by atoms with van der Waals surface area (Å²) in [6.45, 7) is 5.13. The smallest absolute Gasteiger partial charge is 0.230 e. The second-order valence-electron chi connectivity index (χ2n) is 6.22. The molecule has 0 saturated carbocycles. The molecule has 138 valence electrons. The minimum absolute atomic E-state index is 0.0985. The van der Waals surface area contributed by atoms with Crippen molar-refractivity contribution in [3.8, 4) is 5.75 Å². The Morgan fingerprint density at radius 3 is 2.60 bits per heavy atom. The van der Waals surface area contributed by atoms with Crippen LogP contribution in [0.3, 0.4) is 0 Å². The van der Waals surface area contributed by atoms with Crippen LogP contribution in [0, 0.1) is 0 Å². The first-order valence-electron chi connectivity index (χ1n) is 8.59. The average molecular weight is 352 g/mol. The second-order valence-corrected chi connectivity index (χ2v) is 6.22. The van der Waals surface area contributed by atoms with Crippen molar-refractivity contribution < 1.29 is 34.8 Å². The lowest BCUT2D eigenvalue weighted by Crippen LogP contribution is -3.14. The number of aromatic hydroxyl groups is 1. The predicted molar refractivity (Wildman–Crippen MR) is 87.9 cm³/mol. The zero-order chi connectivity index (χ0) is 18.1. The lowest BCUT2D eigenvalue weighted by molar-refractivity contribution is -0.909. The molecule has 0 bridgehead atoms. The van der Waals surface area contributed by atoms with Gasteiger partial charge in [0, 0.05) is 12.1 Å². The van der Waals surface area contributed by atoms with Crippen molar-refractivity contribution in [2.24, 2.45) is 0 Å². The van der Waals surface area contributed by atoms with E-state index >= 15 is 0 Å². The zero-order valence-electron chi connectivity index (χ0n) is 14.2. The maximum Gasteiger partial charge on any atom is 0.230 e. The van der Waals surface area contributed by atoms with Crippen LogP contribution in [0.5, 0.6) is 5.75 Å². The van der Waals surface area contributed by atoms with Gasteiger partial charge in [0.15, 0.2) is 0 Å². The largest absolute Gasteiger partial charge is 0.544 e. The number of hydrogen-bond donors (Lipinski definition) is 4. The van der Waals surface area contributed by atoms with Crippen molar-refractivity contribution in [1.29, 1.82) is 0 Å². The Morgan fingerprint density at radius 1 is 1.28 bits per heavy atom. The van der Waals surface area contributed by atoms with E-state index in [4.69, 9.17) is 4.74 Å². The molecule has 1 fully saturated rings. The predicted octanol–water partition coefficient (Wildman–Crippen LogP) is -3.29. The molecule has 25 heavy (non-hydrogen) atoms. The molecule has 1 aromatic carbocycles. The van der Waals surface area contributed by atoms with E-state index in [0.29, 0.717) is 12.2 Å². The minimum Gasteiger partial charge on any atom is -0.544 e. The molecule has 1 aliphatic rings. The number of carbonyl (C=O) groups is 2. The quantitative estimate of drug-likeness (QED) is 0.274. The number of hydrogen-bond acceptors (Lipinski definition) is 5. The Labute approximate surface area is 146 Å². The summed E-state index contributed by atoms with van der Waals surface area (Å²) in [7, 11) is 0. The molecule has 1 amide bonds. The number of phenols is 1. The lowest BCUT2D eigenvalue weighted by atomic mass is 10.2. The third-order valence-corrected chi connectivity index (χ3v) is 4.24. The first kappa shape index (κ1) is 19.2. The van der Waals surface area contributed by atoms with Crippen LogP contribution in [-0.2, 0) is 14.3 Å². The summed E-state index contributed by atoms with van der Waals surface area (Å²) in [5.41, 5.74) is 0.510. The molecule has 1 aliphatic heterocycles. The van der Waals surface area contributed by atoms with Gasteiger partial charge in [-0.3, -0.25) is 4.79 Å². The number of carboxylic acid groups (broad SMARTS) is 1.